The summed E-state index contributed by atoms with van der Waals surface area (Å²) in [5.41, 5.74) is -0.0633. The first kappa shape index (κ1) is 19.2. The zero-order valence-electron chi connectivity index (χ0n) is 14.8. The molecule has 0 bridgehead atoms. The normalized spacial score (nSPS) is 23.3. The lowest BCUT2D eigenvalue weighted by Gasteiger charge is -2.34. The Kier molecular flexibility index (Phi) is 8.18. The standard InChI is InChI=1S/C17H35N3O2/c1-14-10-15(2)12-20(11-14)8-5-7-18-16(22)19-13-17(3,4)6-9-21/h14-15,21H,5-13H2,1-4H3,(H2,18,19,22). The number of piperidine rings is 1. The number of amides is 2. The van der Waals surface area contributed by atoms with Gasteiger partial charge in [0.15, 0.2) is 0 Å². The third-order valence-corrected chi connectivity index (χ3v) is 4.40. The molecule has 1 heterocycles. The Bertz CT molecular complexity index is 324. The van der Waals surface area contributed by atoms with Gasteiger partial charge in [0.05, 0.1) is 0 Å². The van der Waals surface area contributed by atoms with Gasteiger partial charge in [0, 0.05) is 32.8 Å². The van der Waals surface area contributed by atoms with Crippen LogP contribution in [0.25, 0.3) is 0 Å². The number of aliphatic hydroxyl groups is 1. The fourth-order valence-electron chi connectivity index (χ4n) is 3.25. The maximum absolute atomic E-state index is 11.8. The first-order valence-corrected chi connectivity index (χ1v) is 8.67. The minimum Gasteiger partial charge on any atom is -0.396 e. The van der Waals surface area contributed by atoms with Gasteiger partial charge in [-0.2, -0.15) is 0 Å². The Labute approximate surface area is 135 Å². The molecule has 1 rings (SSSR count). The first-order chi connectivity index (χ1) is 10.3. The van der Waals surface area contributed by atoms with Crippen LogP contribution in [0.4, 0.5) is 4.79 Å². The molecule has 1 saturated heterocycles. The summed E-state index contributed by atoms with van der Waals surface area (Å²) in [6, 6.07) is -0.105. The van der Waals surface area contributed by atoms with Crippen molar-refractivity contribution in [1.29, 1.82) is 0 Å². The Morgan fingerprint density at radius 1 is 1.23 bits per heavy atom. The number of nitrogens with one attached hydrogen (secondary N) is 2. The van der Waals surface area contributed by atoms with Crippen LogP contribution in [0.5, 0.6) is 0 Å². The third-order valence-electron chi connectivity index (χ3n) is 4.40. The average Bonchev–Trinajstić information content (AvgIpc) is 2.40. The van der Waals surface area contributed by atoms with Gasteiger partial charge in [0.2, 0.25) is 0 Å². The Hall–Kier alpha value is -0.810. The van der Waals surface area contributed by atoms with E-state index in [1.54, 1.807) is 0 Å². The molecule has 0 aliphatic carbocycles. The summed E-state index contributed by atoms with van der Waals surface area (Å²) in [6.45, 7) is 13.6. The molecule has 0 aromatic heterocycles. The molecule has 3 N–H and O–H groups in total. The highest BCUT2D eigenvalue weighted by atomic mass is 16.3. The summed E-state index contributed by atoms with van der Waals surface area (Å²) in [5, 5.41) is 14.8. The van der Waals surface area contributed by atoms with E-state index in [2.05, 4.69) is 29.4 Å². The molecule has 0 radical (unpaired) electrons. The lowest BCUT2D eigenvalue weighted by atomic mass is 9.90. The van der Waals surface area contributed by atoms with E-state index in [1.807, 2.05) is 13.8 Å². The number of nitrogens with zero attached hydrogens (tertiary/aromatic N) is 1. The van der Waals surface area contributed by atoms with E-state index >= 15 is 0 Å². The predicted octanol–water partition coefficient (Wildman–Crippen LogP) is 2.06. The second-order valence-electron chi connectivity index (χ2n) is 7.81. The molecular weight excluding hydrogens is 278 g/mol. The van der Waals surface area contributed by atoms with Crippen molar-refractivity contribution in [2.45, 2.75) is 47.0 Å². The van der Waals surface area contributed by atoms with Gasteiger partial charge in [0.1, 0.15) is 0 Å². The number of rotatable bonds is 8. The molecule has 0 spiro atoms. The highest BCUT2D eigenvalue weighted by Gasteiger charge is 2.21. The van der Waals surface area contributed by atoms with Crippen molar-refractivity contribution < 1.29 is 9.90 Å². The van der Waals surface area contributed by atoms with Crippen molar-refractivity contribution in [3.63, 3.8) is 0 Å². The molecule has 1 aliphatic rings. The number of carbonyl (C=O) groups excluding carboxylic acids is 1. The average molecular weight is 313 g/mol. The monoisotopic (exact) mass is 313 g/mol. The van der Waals surface area contributed by atoms with Gasteiger partial charge in [-0.25, -0.2) is 4.79 Å². The minimum atomic E-state index is -0.105. The maximum Gasteiger partial charge on any atom is 0.314 e. The molecule has 2 unspecified atom stereocenters. The molecule has 1 fully saturated rings. The Balaban J connectivity index is 2.10. The number of urea groups is 1. The van der Waals surface area contributed by atoms with Gasteiger partial charge < -0.3 is 20.6 Å². The van der Waals surface area contributed by atoms with E-state index in [1.165, 1.54) is 19.5 Å². The van der Waals surface area contributed by atoms with Gasteiger partial charge in [-0.05, 0) is 43.1 Å². The van der Waals surface area contributed by atoms with Crippen LogP contribution < -0.4 is 10.6 Å². The molecular formula is C17H35N3O2. The lowest BCUT2D eigenvalue weighted by Crippen LogP contribution is -2.43. The molecule has 0 saturated carbocycles. The van der Waals surface area contributed by atoms with Gasteiger partial charge in [-0.15, -0.1) is 0 Å². The molecule has 130 valence electrons. The molecule has 2 amide bonds. The third kappa shape index (κ3) is 7.99. The zero-order valence-corrected chi connectivity index (χ0v) is 14.8. The summed E-state index contributed by atoms with van der Waals surface area (Å²) >= 11 is 0. The van der Waals surface area contributed by atoms with Crippen LogP contribution in [0.3, 0.4) is 0 Å². The smallest absolute Gasteiger partial charge is 0.314 e. The number of hydrogen-bond acceptors (Lipinski definition) is 3. The summed E-state index contributed by atoms with van der Waals surface area (Å²) in [6.07, 6.45) is 3.02. The van der Waals surface area contributed by atoms with Crippen molar-refractivity contribution in [3.8, 4) is 0 Å². The van der Waals surface area contributed by atoms with Crippen molar-refractivity contribution in [3.05, 3.63) is 0 Å². The number of carbonyl (C=O) groups is 1. The van der Waals surface area contributed by atoms with E-state index in [0.717, 1.165) is 24.8 Å². The van der Waals surface area contributed by atoms with Crippen LogP contribution in [-0.4, -0.2) is 55.4 Å². The predicted molar refractivity (Wildman–Crippen MR) is 90.9 cm³/mol. The van der Waals surface area contributed by atoms with Gasteiger partial charge in [-0.1, -0.05) is 27.7 Å². The SMILES string of the molecule is CC1CC(C)CN(CCCNC(=O)NCC(C)(C)CCO)C1. The van der Waals surface area contributed by atoms with Crippen LogP contribution in [0, 0.1) is 17.3 Å². The summed E-state index contributed by atoms with van der Waals surface area (Å²) < 4.78 is 0. The van der Waals surface area contributed by atoms with E-state index in [4.69, 9.17) is 5.11 Å². The number of hydrogen-bond donors (Lipinski definition) is 3. The van der Waals surface area contributed by atoms with Crippen LogP contribution in [0.1, 0.15) is 47.0 Å². The molecule has 5 nitrogen and oxygen atoms in total. The Morgan fingerprint density at radius 2 is 1.86 bits per heavy atom. The molecule has 22 heavy (non-hydrogen) atoms. The van der Waals surface area contributed by atoms with Crippen molar-refractivity contribution in [2.75, 3.05) is 39.3 Å². The first-order valence-electron chi connectivity index (χ1n) is 8.67. The van der Waals surface area contributed by atoms with Gasteiger partial charge >= 0.3 is 6.03 Å². The summed E-state index contributed by atoms with van der Waals surface area (Å²) in [4.78, 5) is 14.3. The molecule has 1 aliphatic heterocycles. The van der Waals surface area contributed by atoms with Gasteiger partial charge in [0.25, 0.3) is 0 Å². The highest BCUT2D eigenvalue weighted by molar-refractivity contribution is 5.73. The van der Waals surface area contributed by atoms with E-state index < -0.39 is 0 Å². The van der Waals surface area contributed by atoms with Crippen LogP contribution >= 0.6 is 0 Å². The number of likely N-dealkylation sites (tertiary alicyclic amines) is 1. The Morgan fingerprint density at radius 3 is 2.45 bits per heavy atom. The van der Waals surface area contributed by atoms with Crippen molar-refractivity contribution >= 4 is 6.03 Å². The second-order valence-corrected chi connectivity index (χ2v) is 7.81. The fraction of sp³-hybridized carbons (Fsp3) is 0.941. The van der Waals surface area contributed by atoms with Crippen molar-refractivity contribution in [1.82, 2.24) is 15.5 Å². The van der Waals surface area contributed by atoms with E-state index in [0.29, 0.717) is 19.5 Å². The van der Waals surface area contributed by atoms with E-state index in [-0.39, 0.29) is 18.1 Å². The van der Waals surface area contributed by atoms with E-state index in [9.17, 15) is 4.79 Å². The topological polar surface area (TPSA) is 64.6 Å². The van der Waals surface area contributed by atoms with Crippen LogP contribution in [0.2, 0.25) is 0 Å². The minimum absolute atomic E-state index is 0.0633. The maximum atomic E-state index is 11.8. The molecule has 2 atom stereocenters. The molecule has 5 heteroatoms. The molecule has 0 aromatic rings. The van der Waals surface area contributed by atoms with Crippen molar-refractivity contribution in [2.24, 2.45) is 17.3 Å². The van der Waals surface area contributed by atoms with Crippen LogP contribution in [-0.2, 0) is 0 Å². The molecule has 0 aromatic carbocycles. The summed E-state index contributed by atoms with van der Waals surface area (Å²) in [5.74, 6) is 1.57. The largest absolute Gasteiger partial charge is 0.396 e. The highest BCUT2D eigenvalue weighted by Crippen LogP contribution is 2.20. The zero-order chi connectivity index (χ0) is 16.6. The fourth-order valence-corrected chi connectivity index (χ4v) is 3.25. The lowest BCUT2D eigenvalue weighted by molar-refractivity contribution is 0.139. The second kappa shape index (κ2) is 9.36. The quantitative estimate of drug-likeness (QED) is 0.601. The summed E-state index contributed by atoms with van der Waals surface area (Å²) in [7, 11) is 0. The number of aliphatic hydroxyl groups excluding tert-OH is 1. The van der Waals surface area contributed by atoms with Gasteiger partial charge in [-0.3, -0.25) is 0 Å². The van der Waals surface area contributed by atoms with Crippen LogP contribution in [0.15, 0.2) is 0 Å².